The SMILES string of the molecule is COc1ccc(NC(C)C)cc1.[HH]. The molecule has 0 amide bonds. The van der Waals surface area contributed by atoms with Crippen LogP contribution in [0.2, 0.25) is 0 Å². The minimum atomic E-state index is 0. The van der Waals surface area contributed by atoms with E-state index >= 15 is 0 Å². The van der Waals surface area contributed by atoms with E-state index in [1.54, 1.807) is 7.11 Å². The number of rotatable bonds is 3. The molecule has 0 saturated heterocycles. The van der Waals surface area contributed by atoms with Gasteiger partial charge in [0.1, 0.15) is 5.75 Å². The highest BCUT2D eigenvalue weighted by molar-refractivity contribution is 5.46. The van der Waals surface area contributed by atoms with Gasteiger partial charge in [0.25, 0.3) is 0 Å². The highest BCUT2D eigenvalue weighted by Crippen LogP contribution is 2.15. The lowest BCUT2D eigenvalue weighted by Gasteiger charge is -2.09. The average molecular weight is 167 g/mol. The molecular formula is C10H17NO. The van der Waals surface area contributed by atoms with E-state index in [4.69, 9.17) is 4.74 Å². The molecule has 0 aliphatic carbocycles. The first-order chi connectivity index (χ1) is 5.72. The maximum Gasteiger partial charge on any atom is 0.119 e. The fourth-order valence-corrected chi connectivity index (χ4v) is 1.02. The highest BCUT2D eigenvalue weighted by atomic mass is 16.5. The van der Waals surface area contributed by atoms with E-state index in [0.29, 0.717) is 6.04 Å². The first-order valence-corrected chi connectivity index (χ1v) is 4.13. The molecule has 0 radical (unpaired) electrons. The predicted molar refractivity (Wildman–Crippen MR) is 53.9 cm³/mol. The number of methoxy groups -OCH3 is 1. The van der Waals surface area contributed by atoms with E-state index < -0.39 is 0 Å². The third-order valence-electron chi connectivity index (χ3n) is 1.55. The van der Waals surface area contributed by atoms with Gasteiger partial charge in [0, 0.05) is 13.2 Å². The van der Waals surface area contributed by atoms with Crippen LogP contribution in [0.5, 0.6) is 5.75 Å². The molecule has 0 aromatic heterocycles. The van der Waals surface area contributed by atoms with Crippen molar-refractivity contribution in [3.63, 3.8) is 0 Å². The van der Waals surface area contributed by atoms with Crippen LogP contribution in [0.4, 0.5) is 5.69 Å². The summed E-state index contributed by atoms with van der Waals surface area (Å²) in [5.41, 5.74) is 1.13. The van der Waals surface area contributed by atoms with E-state index in [0.717, 1.165) is 11.4 Å². The summed E-state index contributed by atoms with van der Waals surface area (Å²) in [6.07, 6.45) is 0. The standard InChI is InChI=1S/C10H15NO.H2/c1-8(2)11-9-4-6-10(12-3)7-5-9;/h4-8,11H,1-3H3;1H. The zero-order chi connectivity index (χ0) is 8.97. The van der Waals surface area contributed by atoms with Gasteiger partial charge in [-0.05, 0) is 38.1 Å². The Morgan fingerprint density at radius 2 is 1.83 bits per heavy atom. The summed E-state index contributed by atoms with van der Waals surface area (Å²) in [4.78, 5) is 0. The van der Waals surface area contributed by atoms with Crippen molar-refractivity contribution in [3.05, 3.63) is 24.3 Å². The molecular weight excluding hydrogens is 150 g/mol. The van der Waals surface area contributed by atoms with E-state index in [1.807, 2.05) is 24.3 Å². The fourth-order valence-electron chi connectivity index (χ4n) is 1.02. The molecule has 1 rings (SSSR count). The molecule has 68 valence electrons. The summed E-state index contributed by atoms with van der Waals surface area (Å²) in [5, 5.41) is 3.30. The lowest BCUT2D eigenvalue weighted by molar-refractivity contribution is 0.415. The molecule has 0 heterocycles. The van der Waals surface area contributed by atoms with Crippen molar-refractivity contribution in [2.75, 3.05) is 12.4 Å². The maximum absolute atomic E-state index is 5.05. The monoisotopic (exact) mass is 167 g/mol. The van der Waals surface area contributed by atoms with Crippen molar-refractivity contribution < 1.29 is 6.16 Å². The van der Waals surface area contributed by atoms with Crippen LogP contribution in [0, 0.1) is 0 Å². The van der Waals surface area contributed by atoms with Crippen LogP contribution in [-0.2, 0) is 0 Å². The number of nitrogens with one attached hydrogen (secondary N) is 1. The summed E-state index contributed by atoms with van der Waals surface area (Å²) in [6, 6.07) is 8.39. The number of ether oxygens (including phenoxy) is 1. The number of hydrogen-bond donors (Lipinski definition) is 1. The van der Waals surface area contributed by atoms with Crippen molar-refractivity contribution in [1.29, 1.82) is 0 Å². The third-order valence-corrected chi connectivity index (χ3v) is 1.55. The van der Waals surface area contributed by atoms with Crippen LogP contribution in [-0.4, -0.2) is 13.2 Å². The molecule has 0 fully saturated rings. The van der Waals surface area contributed by atoms with Gasteiger partial charge in [-0.1, -0.05) is 0 Å². The topological polar surface area (TPSA) is 21.3 Å². The van der Waals surface area contributed by atoms with Gasteiger partial charge in [-0.2, -0.15) is 0 Å². The van der Waals surface area contributed by atoms with Gasteiger partial charge in [0.05, 0.1) is 7.11 Å². The number of hydrogen-bond acceptors (Lipinski definition) is 2. The lowest BCUT2D eigenvalue weighted by Crippen LogP contribution is -2.09. The molecule has 0 unspecified atom stereocenters. The maximum atomic E-state index is 5.05. The van der Waals surface area contributed by atoms with Crippen molar-refractivity contribution in [1.82, 2.24) is 0 Å². The third kappa shape index (κ3) is 2.46. The molecule has 0 aliphatic heterocycles. The van der Waals surface area contributed by atoms with Crippen LogP contribution < -0.4 is 10.1 Å². The minimum absolute atomic E-state index is 0. The molecule has 0 bridgehead atoms. The van der Waals surface area contributed by atoms with Gasteiger partial charge in [-0.15, -0.1) is 0 Å². The Hall–Kier alpha value is -1.18. The quantitative estimate of drug-likeness (QED) is 0.747. The fraction of sp³-hybridized carbons (Fsp3) is 0.400. The average Bonchev–Trinajstić information content (AvgIpc) is 2.05. The lowest BCUT2D eigenvalue weighted by atomic mass is 10.3. The largest absolute Gasteiger partial charge is 0.497 e. The molecule has 1 aromatic rings. The summed E-state index contributed by atoms with van der Waals surface area (Å²) < 4.78 is 5.05. The molecule has 2 nitrogen and oxygen atoms in total. The second kappa shape index (κ2) is 4.00. The summed E-state index contributed by atoms with van der Waals surface area (Å²) in [7, 11) is 1.67. The van der Waals surface area contributed by atoms with Crippen molar-refractivity contribution >= 4 is 5.69 Å². The summed E-state index contributed by atoms with van der Waals surface area (Å²) in [5.74, 6) is 0.893. The molecule has 1 aromatic carbocycles. The molecule has 0 saturated carbocycles. The number of benzene rings is 1. The molecule has 1 N–H and O–H groups in total. The Morgan fingerprint density at radius 3 is 2.25 bits per heavy atom. The van der Waals surface area contributed by atoms with Crippen LogP contribution in [0.25, 0.3) is 0 Å². The Bertz CT molecular complexity index is 233. The highest BCUT2D eigenvalue weighted by Gasteiger charge is 1.94. The smallest absolute Gasteiger partial charge is 0.119 e. The van der Waals surface area contributed by atoms with Crippen LogP contribution in [0.15, 0.2) is 24.3 Å². The minimum Gasteiger partial charge on any atom is -0.497 e. The molecule has 0 spiro atoms. The second-order valence-electron chi connectivity index (χ2n) is 3.03. The van der Waals surface area contributed by atoms with Crippen LogP contribution in [0.3, 0.4) is 0 Å². The van der Waals surface area contributed by atoms with E-state index in [1.165, 1.54) is 0 Å². The Morgan fingerprint density at radius 1 is 1.25 bits per heavy atom. The summed E-state index contributed by atoms with van der Waals surface area (Å²) >= 11 is 0. The Labute approximate surface area is 75.0 Å². The zero-order valence-electron chi connectivity index (χ0n) is 7.79. The first-order valence-electron chi connectivity index (χ1n) is 4.13. The molecule has 0 aliphatic rings. The normalized spacial score (nSPS) is 10.0. The van der Waals surface area contributed by atoms with Crippen LogP contribution in [0.1, 0.15) is 15.3 Å². The van der Waals surface area contributed by atoms with E-state index in [9.17, 15) is 0 Å². The van der Waals surface area contributed by atoms with Crippen molar-refractivity contribution in [3.8, 4) is 5.75 Å². The Kier molecular flexibility index (Phi) is 2.97. The molecule has 0 atom stereocenters. The first kappa shape index (κ1) is 8.91. The van der Waals surface area contributed by atoms with Crippen molar-refractivity contribution in [2.24, 2.45) is 0 Å². The van der Waals surface area contributed by atoms with Gasteiger partial charge in [-0.3, -0.25) is 0 Å². The van der Waals surface area contributed by atoms with Gasteiger partial charge < -0.3 is 10.1 Å². The number of anilines is 1. The zero-order valence-corrected chi connectivity index (χ0v) is 7.79. The molecule has 2 heteroatoms. The summed E-state index contributed by atoms with van der Waals surface area (Å²) in [6.45, 7) is 4.23. The van der Waals surface area contributed by atoms with Gasteiger partial charge >= 0.3 is 0 Å². The predicted octanol–water partition coefficient (Wildman–Crippen LogP) is 2.76. The van der Waals surface area contributed by atoms with Gasteiger partial charge in [-0.25, -0.2) is 0 Å². The second-order valence-corrected chi connectivity index (χ2v) is 3.03. The van der Waals surface area contributed by atoms with Gasteiger partial charge in [0.15, 0.2) is 0 Å². The van der Waals surface area contributed by atoms with E-state index in [-0.39, 0.29) is 1.43 Å². The van der Waals surface area contributed by atoms with E-state index in [2.05, 4.69) is 19.2 Å². The van der Waals surface area contributed by atoms with Crippen LogP contribution >= 0.6 is 0 Å². The van der Waals surface area contributed by atoms with Gasteiger partial charge in [0.2, 0.25) is 0 Å². The molecule has 12 heavy (non-hydrogen) atoms. The Balaban J connectivity index is 0.00000144. The van der Waals surface area contributed by atoms with Crippen molar-refractivity contribution in [2.45, 2.75) is 19.9 Å².